The molecule has 0 aromatic heterocycles. The predicted molar refractivity (Wildman–Crippen MR) is 85.7 cm³/mol. The minimum Gasteiger partial charge on any atom is -0.497 e. The fraction of sp³-hybridized carbons (Fsp3) is 0.368. The highest BCUT2D eigenvalue weighted by atomic mass is 16.5. The zero-order valence-corrected chi connectivity index (χ0v) is 13.2. The number of benzene rings is 2. The third kappa shape index (κ3) is 3.41. The van der Waals surface area contributed by atoms with Gasteiger partial charge in [0.25, 0.3) is 0 Å². The predicted octanol–water partition coefficient (Wildman–Crippen LogP) is 4.89. The molecule has 0 saturated carbocycles. The molecule has 0 radical (unpaired) electrons. The van der Waals surface area contributed by atoms with Crippen molar-refractivity contribution in [3.8, 4) is 5.75 Å². The van der Waals surface area contributed by atoms with Gasteiger partial charge in [0.2, 0.25) is 0 Å². The average molecular weight is 268 g/mol. The van der Waals surface area contributed by atoms with Crippen molar-refractivity contribution in [1.29, 1.82) is 0 Å². The largest absolute Gasteiger partial charge is 0.497 e. The Morgan fingerprint density at radius 2 is 1.75 bits per heavy atom. The molecule has 0 aliphatic heterocycles. The van der Waals surface area contributed by atoms with Crippen LogP contribution in [0.15, 0.2) is 42.5 Å². The molecule has 1 heteroatoms. The Bertz CT molecular complexity index is 591. The summed E-state index contributed by atoms with van der Waals surface area (Å²) in [6.45, 7) is 8.97. The molecule has 0 fully saturated rings. The molecule has 0 N–H and O–H groups in total. The van der Waals surface area contributed by atoms with Gasteiger partial charge in [0.15, 0.2) is 0 Å². The lowest BCUT2D eigenvalue weighted by atomic mass is 9.81. The van der Waals surface area contributed by atoms with Crippen LogP contribution in [0.2, 0.25) is 0 Å². The van der Waals surface area contributed by atoms with Crippen LogP contribution < -0.4 is 4.74 Å². The molecule has 106 valence electrons. The third-order valence-electron chi connectivity index (χ3n) is 3.60. The Labute approximate surface area is 122 Å². The van der Waals surface area contributed by atoms with E-state index in [1.54, 1.807) is 7.11 Å². The number of methoxy groups -OCH3 is 1. The van der Waals surface area contributed by atoms with E-state index in [-0.39, 0.29) is 5.41 Å². The van der Waals surface area contributed by atoms with Gasteiger partial charge in [0.1, 0.15) is 5.75 Å². The van der Waals surface area contributed by atoms with E-state index in [4.69, 9.17) is 4.74 Å². The first kappa shape index (κ1) is 14.6. The first-order chi connectivity index (χ1) is 9.40. The first-order valence-electron chi connectivity index (χ1n) is 7.13. The quantitative estimate of drug-likeness (QED) is 0.770. The molecule has 2 aromatic carbocycles. The Kier molecular flexibility index (Phi) is 4.17. The van der Waals surface area contributed by atoms with Gasteiger partial charge in [-0.15, -0.1) is 0 Å². The van der Waals surface area contributed by atoms with E-state index in [0.717, 1.165) is 12.2 Å². The maximum atomic E-state index is 5.31. The summed E-state index contributed by atoms with van der Waals surface area (Å²) in [6.07, 6.45) is 0.950. The second-order valence-corrected chi connectivity index (χ2v) is 6.44. The minimum absolute atomic E-state index is 0.169. The number of hydrogen-bond acceptors (Lipinski definition) is 1. The van der Waals surface area contributed by atoms with Crippen molar-refractivity contribution in [2.75, 3.05) is 7.11 Å². The summed E-state index contributed by atoms with van der Waals surface area (Å²) in [6, 6.07) is 15.1. The van der Waals surface area contributed by atoms with Crippen molar-refractivity contribution in [2.45, 2.75) is 39.5 Å². The zero-order valence-electron chi connectivity index (χ0n) is 13.2. The first-order valence-corrected chi connectivity index (χ1v) is 7.13. The van der Waals surface area contributed by atoms with Crippen LogP contribution in [0.1, 0.15) is 43.0 Å². The zero-order chi connectivity index (χ0) is 14.8. The Morgan fingerprint density at radius 3 is 2.40 bits per heavy atom. The van der Waals surface area contributed by atoms with Gasteiger partial charge in [-0.1, -0.05) is 56.7 Å². The van der Waals surface area contributed by atoms with Crippen LogP contribution in [0.25, 0.3) is 0 Å². The van der Waals surface area contributed by atoms with Crippen LogP contribution in [0.4, 0.5) is 0 Å². The summed E-state index contributed by atoms with van der Waals surface area (Å²) in [5.41, 5.74) is 5.61. The number of aryl methyl sites for hydroxylation is 1. The summed E-state index contributed by atoms with van der Waals surface area (Å²) in [4.78, 5) is 0. The van der Waals surface area contributed by atoms with Gasteiger partial charge in [-0.3, -0.25) is 0 Å². The van der Waals surface area contributed by atoms with Gasteiger partial charge in [0, 0.05) is 0 Å². The molecule has 2 rings (SSSR count). The van der Waals surface area contributed by atoms with Gasteiger partial charge in [-0.05, 0) is 47.6 Å². The maximum absolute atomic E-state index is 5.31. The van der Waals surface area contributed by atoms with Crippen LogP contribution in [0, 0.1) is 6.92 Å². The molecule has 0 aliphatic rings. The monoisotopic (exact) mass is 268 g/mol. The molecular formula is C19H24O. The van der Waals surface area contributed by atoms with Crippen LogP contribution in [0.5, 0.6) is 5.75 Å². The van der Waals surface area contributed by atoms with E-state index in [1.165, 1.54) is 22.3 Å². The van der Waals surface area contributed by atoms with Gasteiger partial charge < -0.3 is 4.74 Å². The van der Waals surface area contributed by atoms with Crippen molar-refractivity contribution in [2.24, 2.45) is 0 Å². The highest BCUT2D eigenvalue weighted by Crippen LogP contribution is 2.28. The molecule has 0 bridgehead atoms. The Morgan fingerprint density at radius 1 is 1.00 bits per heavy atom. The van der Waals surface area contributed by atoms with Gasteiger partial charge in [0.05, 0.1) is 7.11 Å². The van der Waals surface area contributed by atoms with Gasteiger partial charge >= 0.3 is 0 Å². The molecule has 0 spiro atoms. The van der Waals surface area contributed by atoms with E-state index in [0.29, 0.717) is 0 Å². The second-order valence-electron chi connectivity index (χ2n) is 6.44. The van der Waals surface area contributed by atoms with Crippen molar-refractivity contribution in [1.82, 2.24) is 0 Å². The summed E-state index contributed by atoms with van der Waals surface area (Å²) in [5, 5.41) is 0. The molecule has 0 aliphatic carbocycles. The minimum atomic E-state index is 0.169. The van der Waals surface area contributed by atoms with Crippen LogP contribution in [0.3, 0.4) is 0 Å². The molecule has 0 unspecified atom stereocenters. The van der Waals surface area contributed by atoms with E-state index >= 15 is 0 Å². The maximum Gasteiger partial charge on any atom is 0.119 e. The van der Waals surface area contributed by atoms with E-state index in [2.05, 4.69) is 64.1 Å². The molecule has 0 heterocycles. The van der Waals surface area contributed by atoms with E-state index in [9.17, 15) is 0 Å². The summed E-state index contributed by atoms with van der Waals surface area (Å²) < 4.78 is 5.31. The summed E-state index contributed by atoms with van der Waals surface area (Å²) >= 11 is 0. The highest BCUT2D eigenvalue weighted by molar-refractivity contribution is 5.40. The average Bonchev–Trinajstić information content (AvgIpc) is 2.37. The van der Waals surface area contributed by atoms with Crippen molar-refractivity contribution in [3.63, 3.8) is 0 Å². The molecule has 20 heavy (non-hydrogen) atoms. The van der Waals surface area contributed by atoms with Crippen molar-refractivity contribution < 1.29 is 4.74 Å². The van der Waals surface area contributed by atoms with E-state index in [1.807, 2.05) is 6.07 Å². The lowest BCUT2D eigenvalue weighted by molar-refractivity contribution is 0.414. The second kappa shape index (κ2) is 5.70. The van der Waals surface area contributed by atoms with Crippen LogP contribution in [-0.4, -0.2) is 7.11 Å². The molecule has 2 aromatic rings. The lowest BCUT2D eigenvalue weighted by Gasteiger charge is -2.23. The molecule has 0 amide bonds. The highest BCUT2D eigenvalue weighted by Gasteiger charge is 2.17. The Balaban J connectivity index is 2.39. The fourth-order valence-electron chi connectivity index (χ4n) is 2.60. The number of ether oxygens (including phenoxy) is 1. The van der Waals surface area contributed by atoms with Crippen LogP contribution in [-0.2, 0) is 11.8 Å². The standard InChI is InChI=1S/C19H24O/c1-14-9-10-18(19(2,3)4)16(11-14)12-15-7-6-8-17(13-15)20-5/h6-11,13H,12H2,1-5H3. The molecule has 1 nitrogen and oxygen atoms in total. The van der Waals surface area contributed by atoms with E-state index < -0.39 is 0 Å². The number of hydrogen-bond donors (Lipinski definition) is 0. The molecular weight excluding hydrogens is 244 g/mol. The number of rotatable bonds is 3. The smallest absolute Gasteiger partial charge is 0.119 e. The van der Waals surface area contributed by atoms with Gasteiger partial charge in [-0.25, -0.2) is 0 Å². The van der Waals surface area contributed by atoms with Crippen LogP contribution >= 0.6 is 0 Å². The summed E-state index contributed by atoms with van der Waals surface area (Å²) in [5.74, 6) is 0.924. The Hall–Kier alpha value is -1.76. The fourth-order valence-corrected chi connectivity index (χ4v) is 2.60. The normalized spacial score (nSPS) is 11.4. The molecule has 0 saturated heterocycles. The topological polar surface area (TPSA) is 9.23 Å². The van der Waals surface area contributed by atoms with Crippen molar-refractivity contribution >= 4 is 0 Å². The lowest BCUT2D eigenvalue weighted by Crippen LogP contribution is -2.14. The summed E-state index contributed by atoms with van der Waals surface area (Å²) in [7, 11) is 1.71. The third-order valence-corrected chi connectivity index (χ3v) is 3.60. The SMILES string of the molecule is COc1cccc(Cc2cc(C)ccc2C(C)(C)C)c1. The molecule has 0 atom stereocenters. The van der Waals surface area contributed by atoms with Crippen molar-refractivity contribution in [3.05, 3.63) is 64.7 Å². The van der Waals surface area contributed by atoms with Gasteiger partial charge in [-0.2, -0.15) is 0 Å².